The van der Waals surface area contributed by atoms with Crippen molar-refractivity contribution in [1.29, 1.82) is 0 Å². The molecule has 0 radical (unpaired) electrons. The molecule has 0 bridgehead atoms. The van der Waals surface area contributed by atoms with Crippen molar-refractivity contribution in [3.05, 3.63) is 59.3 Å². The smallest absolute Gasteiger partial charge is 0.402 e. The molecular formula is C17H16F4N2. The van der Waals surface area contributed by atoms with E-state index in [2.05, 4.69) is 4.98 Å². The molecule has 0 saturated heterocycles. The summed E-state index contributed by atoms with van der Waals surface area (Å²) in [5, 5.41) is 0. The molecule has 2 nitrogen and oxygen atoms in total. The maximum atomic E-state index is 13.4. The number of benzene rings is 1. The third-order valence-electron chi connectivity index (χ3n) is 3.37. The maximum Gasteiger partial charge on any atom is 0.419 e. The second-order valence-corrected chi connectivity index (χ2v) is 5.46. The van der Waals surface area contributed by atoms with Crippen molar-refractivity contribution in [2.24, 2.45) is 11.7 Å². The molecule has 2 rings (SSSR count). The van der Waals surface area contributed by atoms with Gasteiger partial charge in [0.05, 0.1) is 11.3 Å². The number of halogens is 4. The van der Waals surface area contributed by atoms with Crippen LogP contribution in [-0.4, -0.2) is 4.98 Å². The van der Waals surface area contributed by atoms with Gasteiger partial charge >= 0.3 is 6.18 Å². The Bertz CT molecular complexity index is 734. The van der Waals surface area contributed by atoms with Gasteiger partial charge in [0.15, 0.2) is 0 Å². The molecule has 1 aromatic carbocycles. The number of nitrogens with zero attached hydrogens (tertiary/aromatic N) is 1. The summed E-state index contributed by atoms with van der Waals surface area (Å²) >= 11 is 0. The summed E-state index contributed by atoms with van der Waals surface area (Å²) in [6, 6.07) is 6.10. The van der Waals surface area contributed by atoms with Crippen LogP contribution in [-0.2, 0) is 6.18 Å². The van der Waals surface area contributed by atoms with Crippen LogP contribution in [0.1, 0.15) is 25.1 Å². The first-order valence-electron chi connectivity index (χ1n) is 6.98. The van der Waals surface area contributed by atoms with Gasteiger partial charge in [-0.05, 0) is 47.4 Å². The first-order valence-corrected chi connectivity index (χ1v) is 6.98. The molecule has 0 spiro atoms. The molecule has 0 atom stereocenters. The van der Waals surface area contributed by atoms with Crippen molar-refractivity contribution in [1.82, 2.24) is 4.98 Å². The van der Waals surface area contributed by atoms with Gasteiger partial charge in [0.25, 0.3) is 0 Å². The highest BCUT2D eigenvalue weighted by Gasteiger charge is 2.34. The van der Waals surface area contributed by atoms with Gasteiger partial charge in [-0.15, -0.1) is 0 Å². The molecule has 0 saturated carbocycles. The van der Waals surface area contributed by atoms with Crippen molar-refractivity contribution in [2.45, 2.75) is 20.0 Å². The Labute approximate surface area is 131 Å². The van der Waals surface area contributed by atoms with Crippen LogP contribution in [0.5, 0.6) is 0 Å². The molecule has 23 heavy (non-hydrogen) atoms. The van der Waals surface area contributed by atoms with Crippen LogP contribution in [0.25, 0.3) is 17.2 Å². The van der Waals surface area contributed by atoms with Gasteiger partial charge in [0.2, 0.25) is 0 Å². The minimum atomic E-state index is -4.74. The van der Waals surface area contributed by atoms with Gasteiger partial charge in [-0.3, -0.25) is 4.98 Å². The molecule has 1 aromatic heterocycles. The van der Waals surface area contributed by atoms with E-state index in [1.165, 1.54) is 12.3 Å². The van der Waals surface area contributed by atoms with E-state index in [0.717, 1.165) is 12.1 Å². The van der Waals surface area contributed by atoms with E-state index < -0.39 is 17.6 Å². The number of pyridine rings is 1. The lowest BCUT2D eigenvalue weighted by Crippen LogP contribution is -2.08. The van der Waals surface area contributed by atoms with Crippen molar-refractivity contribution >= 4 is 6.08 Å². The van der Waals surface area contributed by atoms with Gasteiger partial charge in [-0.25, -0.2) is 4.39 Å². The van der Waals surface area contributed by atoms with Crippen molar-refractivity contribution in [2.75, 3.05) is 0 Å². The number of hydrogen-bond donors (Lipinski definition) is 1. The third-order valence-corrected chi connectivity index (χ3v) is 3.37. The Morgan fingerprint density at radius 1 is 1.13 bits per heavy atom. The Balaban J connectivity index is 2.46. The monoisotopic (exact) mass is 324 g/mol. The van der Waals surface area contributed by atoms with E-state index >= 15 is 0 Å². The molecule has 6 heteroatoms. The largest absolute Gasteiger partial charge is 0.419 e. The molecule has 2 N–H and O–H groups in total. The fourth-order valence-electron chi connectivity index (χ4n) is 1.97. The van der Waals surface area contributed by atoms with Gasteiger partial charge in [-0.2, -0.15) is 13.2 Å². The zero-order valence-electron chi connectivity index (χ0n) is 12.7. The molecule has 0 aliphatic rings. The van der Waals surface area contributed by atoms with Crippen LogP contribution in [0, 0.1) is 11.7 Å². The van der Waals surface area contributed by atoms with Crippen LogP contribution in [0.2, 0.25) is 0 Å². The van der Waals surface area contributed by atoms with Gasteiger partial charge in [0, 0.05) is 11.9 Å². The Hall–Kier alpha value is -2.37. The Kier molecular flexibility index (Phi) is 4.73. The fourth-order valence-corrected chi connectivity index (χ4v) is 1.97. The lowest BCUT2D eigenvalue weighted by atomic mass is 10.0. The Morgan fingerprint density at radius 3 is 2.39 bits per heavy atom. The zero-order chi connectivity index (χ0) is 17.2. The van der Waals surface area contributed by atoms with Crippen molar-refractivity contribution < 1.29 is 17.6 Å². The number of allylic oxidation sites excluding steroid dienone is 1. The molecule has 0 aliphatic heterocycles. The third kappa shape index (κ3) is 4.09. The molecule has 0 fully saturated rings. The molecular weight excluding hydrogens is 308 g/mol. The Morgan fingerprint density at radius 2 is 1.78 bits per heavy atom. The number of nitrogens with two attached hydrogens (primary N) is 1. The molecule has 2 aromatic rings. The number of hydrogen-bond acceptors (Lipinski definition) is 2. The van der Waals surface area contributed by atoms with Crippen molar-refractivity contribution in [3.63, 3.8) is 0 Å². The fraction of sp³-hybridized carbons (Fsp3) is 0.235. The van der Waals surface area contributed by atoms with Crippen molar-refractivity contribution in [3.8, 4) is 11.1 Å². The van der Waals surface area contributed by atoms with E-state index in [9.17, 15) is 17.6 Å². The van der Waals surface area contributed by atoms with E-state index in [4.69, 9.17) is 5.73 Å². The molecule has 0 unspecified atom stereocenters. The van der Waals surface area contributed by atoms with Gasteiger partial charge in [0.1, 0.15) is 5.82 Å². The first kappa shape index (κ1) is 17.0. The molecule has 122 valence electrons. The van der Waals surface area contributed by atoms with Gasteiger partial charge in [-0.1, -0.05) is 19.9 Å². The summed E-state index contributed by atoms with van der Waals surface area (Å²) in [5.74, 6) is -1.16. The minimum Gasteiger partial charge on any atom is -0.402 e. The minimum absolute atomic E-state index is 0.128. The van der Waals surface area contributed by atoms with E-state index in [1.807, 2.05) is 13.8 Å². The molecule has 1 heterocycles. The highest BCUT2D eigenvalue weighted by molar-refractivity contribution is 5.67. The number of rotatable bonds is 3. The van der Waals surface area contributed by atoms with E-state index in [-0.39, 0.29) is 11.5 Å². The number of aromatic nitrogens is 1. The topological polar surface area (TPSA) is 38.9 Å². The zero-order valence-corrected chi connectivity index (χ0v) is 12.7. The predicted molar refractivity (Wildman–Crippen MR) is 81.6 cm³/mol. The lowest BCUT2D eigenvalue weighted by Gasteiger charge is -2.11. The molecule has 0 amide bonds. The standard InChI is InChI=1S/C17H16F4N2/c1-10(2)16(22)9-13-7-12(5-6-23-13)11-3-4-15(18)14(8-11)17(19,20)21/h3-10H,22H2,1-2H3. The van der Waals surface area contributed by atoms with E-state index in [0.29, 0.717) is 17.0 Å². The summed E-state index contributed by atoms with van der Waals surface area (Å²) in [7, 11) is 0. The normalized spacial score (nSPS) is 12.7. The summed E-state index contributed by atoms with van der Waals surface area (Å²) in [6.07, 6.45) is -1.59. The predicted octanol–water partition coefficient (Wildman–Crippen LogP) is 4.86. The quantitative estimate of drug-likeness (QED) is 0.819. The SMILES string of the molecule is CC(C)C(N)=Cc1cc(-c2ccc(F)c(C(F)(F)F)c2)ccn1. The average Bonchev–Trinajstić information content (AvgIpc) is 2.46. The average molecular weight is 324 g/mol. The maximum absolute atomic E-state index is 13.4. The summed E-state index contributed by atoms with van der Waals surface area (Å²) in [4.78, 5) is 4.12. The highest BCUT2D eigenvalue weighted by Crippen LogP contribution is 2.34. The van der Waals surface area contributed by atoms with Crippen LogP contribution >= 0.6 is 0 Å². The second-order valence-electron chi connectivity index (χ2n) is 5.46. The highest BCUT2D eigenvalue weighted by atomic mass is 19.4. The summed E-state index contributed by atoms with van der Waals surface area (Å²) in [5.41, 5.74) is 6.49. The van der Waals surface area contributed by atoms with Crippen LogP contribution in [0.4, 0.5) is 17.6 Å². The van der Waals surface area contributed by atoms with Crippen LogP contribution in [0.3, 0.4) is 0 Å². The summed E-state index contributed by atoms with van der Waals surface area (Å²) in [6.45, 7) is 3.84. The first-order chi connectivity index (χ1) is 10.7. The van der Waals surface area contributed by atoms with Crippen LogP contribution < -0.4 is 5.73 Å². The lowest BCUT2D eigenvalue weighted by molar-refractivity contribution is -0.139. The van der Waals surface area contributed by atoms with Gasteiger partial charge < -0.3 is 5.73 Å². The van der Waals surface area contributed by atoms with E-state index in [1.54, 1.807) is 18.2 Å². The number of alkyl halides is 3. The second kappa shape index (κ2) is 6.40. The molecule has 0 aliphatic carbocycles. The van der Waals surface area contributed by atoms with Crippen LogP contribution in [0.15, 0.2) is 42.2 Å². The summed E-state index contributed by atoms with van der Waals surface area (Å²) < 4.78 is 51.8.